The molecule has 432 valence electrons. The van der Waals surface area contributed by atoms with E-state index in [4.69, 9.17) is 14.2 Å². The van der Waals surface area contributed by atoms with Crippen LogP contribution in [0.4, 0.5) is 0 Å². The maximum Gasteiger partial charge on any atom is 0.306 e. The molecule has 11 heteroatoms. The van der Waals surface area contributed by atoms with Gasteiger partial charge in [-0.05, 0) is 83.5 Å². The van der Waals surface area contributed by atoms with Crippen molar-refractivity contribution in [2.75, 3.05) is 13.2 Å². The zero-order chi connectivity index (χ0) is 54.0. The molecule has 0 radical (unpaired) electrons. The van der Waals surface area contributed by atoms with E-state index in [2.05, 4.69) is 62.5 Å². The van der Waals surface area contributed by atoms with Crippen LogP contribution in [-0.2, 0) is 23.8 Å². The van der Waals surface area contributed by atoms with E-state index in [0.29, 0.717) is 12.8 Å². The predicted molar refractivity (Wildman–Crippen MR) is 306 cm³/mol. The van der Waals surface area contributed by atoms with Gasteiger partial charge >= 0.3 is 5.97 Å². The summed E-state index contributed by atoms with van der Waals surface area (Å²) in [6.45, 7) is 5.75. The van der Waals surface area contributed by atoms with Crippen LogP contribution >= 0.6 is 0 Å². The summed E-state index contributed by atoms with van der Waals surface area (Å²) in [5.74, 6) is -1.21. The number of hydrogen-bond donors (Lipinski definition) is 6. The number of hydrogen-bond acceptors (Lipinski definition) is 10. The van der Waals surface area contributed by atoms with Crippen molar-refractivity contribution in [1.82, 2.24) is 5.32 Å². The molecule has 1 saturated heterocycles. The number of ether oxygens (including phenoxy) is 3. The number of aliphatic hydroxyl groups excluding tert-OH is 5. The number of carbonyl (C=O) groups is 2. The van der Waals surface area contributed by atoms with E-state index in [9.17, 15) is 35.1 Å². The summed E-state index contributed by atoms with van der Waals surface area (Å²) in [7, 11) is 0. The quantitative estimate of drug-likeness (QED) is 0.0195. The van der Waals surface area contributed by atoms with Crippen molar-refractivity contribution in [3.63, 3.8) is 0 Å². The van der Waals surface area contributed by atoms with Crippen LogP contribution < -0.4 is 5.32 Å². The SMILES string of the molecule is CCCCC/C=C\C/C=C\CCCCCCCCCCCCCC(=O)OC1C(OCC(NC(=O)C(O)CCCC/C=C\CCCCCCCCC)C(O)/C=C/CCCCCCCCCCC)OC(CO)C(O)C1O. The normalized spacial score (nSPS) is 19.6. The van der Waals surface area contributed by atoms with Crippen molar-refractivity contribution >= 4 is 11.9 Å². The molecule has 0 bridgehead atoms. The Kier molecular flexibility index (Phi) is 48.3. The van der Waals surface area contributed by atoms with Gasteiger partial charge in [0.15, 0.2) is 12.4 Å². The minimum absolute atomic E-state index is 0.120. The Labute approximate surface area is 453 Å². The summed E-state index contributed by atoms with van der Waals surface area (Å²) < 4.78 is 17.6. The first kappa shape index (κ1) is 69.6. The zero-order valence-corrected chi connectivity index (χ0v) is 47.7. The van der Waals surface area contributed by atoms with Gasteiger partial charge in [-0.3, -0.25) is 9.59 Å². The van der Waals surface area contributed by atoms with E-state index < -0.39 is 67.4 Å². The average molecular weight is 1050 g/mol. The summed E-state index contributed by atoms with van der Waals surface area (Å²) in [5.41, 5.74) is 0. The number of carbonyl (C=O) groups excluding carboxylic acids is 2. The van der Waals surface area contributed by atoms with E-state index >= 15 is 0 Å². The third-order valence-electron chi connectivity index (χ3n) is 14.5. The van der Waals surface area contributed by atoms with Gasteiger partial charge in [-0.1, -0.05) is 236 Å². The van der Waals surface area contributed by atoms with Gasteiger partial charge in [-0.15, -0.1) is 0 Å². The van der Waals surface area contributed by atoms with Crippen molar-refractivity contribution < 1.29 is 49.3 Å². The fraction of sp³-hybridized carbons (Fsp3) is 0.841. The summed E-state index contributed by atoms with van der Waals surface area (Å²) >= 11 is 0. The first-order valence-corrected chi connectivity index (χ1v) is 30.9. The van der Waals surface area contributed by atoms with Crippen molar-refractivity contribution in [2.45, 2.75) is 327 Å². The molecule has 1 fully saturated rings. The Bertz CT molecular complexity index is 1390. The van der Waals surface area contributed by atoms with Crippen LogP contribution in [0.2, 0.25) is 0 Å². The summed E-state index contributed by atoms with van der Waals surface area (Å²) in [6, 6.07) is -1.03. The van der Waals surface area contributed by atoms with Crippen LogP contribution in [0.5, 0.6) is 0 Å². The van der Waals surface area contributed by atoms with E-state index in [1.807, 2.05) is 6.08 Å². The Hall–Kier alpha value is -2.38. The lowest BCUT2D eigenvalue weighted by atomic mass is 9.99. The summed E-state index contributed by atoms with van der Waals surface area (Å²) in [6.07, 6.45) is 51.6. The van der Waals surface area contributed by atoms with Crippen molar-refractivity contribution in [1.29, 1.82) is 0 Å². The molecule has 1 heterocycles. The lowest BCUT2D eigenvalue weighted by molar-refractivity contribution is -0.305. The third kappa shape index (κ3) is 39.1. The summed E-state index contributed by atoms with van der Waals surface area (Å²) in [5, 5.41) is 56.9. The van der Waals surface area contributed by atoms with Gasteiger partial charge in [-0.2, -0.15) is 0 Å². The molecule has 8 atom stereocenters. The second kappa shape index (κ2) is 51.4. The van der Waals surface area contributed by atoms with Gasteiger partial charge in [-0.25, -0.2) is 0 Å². The first-order valence-electron chi connectivity index (χ1n) is 30.9. The predicted octanol–water partition coefficient (Wildman–Crippen LogP) is 14.4. The molecule has 0 aromatic heterocycles. The van der Waals surface area contributed by atoms with Crippen molar-refractivity contribution in [3.8, 4) is 0 Å². The fourth-order valence-corrected chi connectivity index (χ4v) is 9.50. The lowest BCUT2D eigenvalue weighted by Crippen LogP contribution is -2.61. The Morgan fingerprint density at radius 1 is 0.527 bits per heavy atom. The molecule has 0 saturated carbocycles. The highest BCUT2D eigenvalue weighted by molar-refractivity contribution is 5.80. The number of rotatable bonds is 52. The topological polar surface area (TPSA) is 175 Å². The minimum atomic E-state index is -1.62. The first-order chi connectivity index (χ1) is 36.2. The molecule has 6 N–H and O–H groups in total. The molecule has 1 rings (SSSR count). The molecule has 0 aromatic rings. The molecule has 0 aromatic carbocycles. The third-order valence-corrected chi connectivity index (χ3v) is 14.5. The smallest absolute Gasteiger partial charge is 0.306 e. The highest BCUT2D eigenvalue weighted by atomic mass is 16.7. The number of allylic oxidation sites excluding steroid dienone is 7. The highest BCUT2D eigenvalue weighted by Gasteiger charge is 2.47. The van der Waals surface area contributed by atoms with E-state index in [-0.39, 0.29) is 19.4 Å². The molecular weight excluding hydrogens is 931 g/mol. The second-order valence-electron chi connectivity index (χ2n) is 21.4. The lowest BCUT2D eigenvalue weighted by Gasteiger charge is -2.41. The number of aliphatic hydroxyl groups is 5. The Balaban J connectivity index is 2.64. The Morgan fingerprint density at radius 3 is 1.42 bits per heavy atom. The number of unbranched alkanes of at least 4 members (excludes halogenated alkanes) is 32. The van der Waals surface area contributed by atoms with Crippen LogP contribution in [0.1, 0.15) is 278 Å². The van der Waals surface area contributed by atoms with E-state index in [1.54, 1.807) is 6.08 Å². The molecule has 1 aliphatic rings. The van der Waals surface area contributed by atoms with E-state index in [1.165, 1.54) is 167 Å². The number of esters is 1. The molecule has 11 nitrogen and oxygen atoms in total. The second-order valence-corrected chi connectivity index (χ2v) is 21.4. The maximum absolute atomic E-state index is 13.4. The largest absolute Gasteiger partial charge is 0.454 e. The van der Waals surface area contributed by atoms with Gasteiger partial charge in [0.2, 0.25) is 5.91 Å². The number of nitrogens with one attached hydrogen (secondary N) is 1. The highest BCUT2D eigenvalue weighted by Crippen LogP contribution is 2.26. The molecular formula is C63H115NO10. The van der Waals surface area contributed by atoms with Gasteiger partial charge in [0.05, 0.1) is 25.4 Å². The van der Waals surface area contributed by atoms with Gasteiger partial charge in [0, 0.05) is 6.42 Å². The standard InChI is InChI=1S/C63H115NO10/c1-4-7-10-13-16-19-22-24-25-26-27-28-29-30-31-33-36-39-42-45-48-51-58(68)74-61-60(70)59(69)57(52-65)73-63(61)72-53-54(55(66)49-46-43-40-37-34-21-18-15-12-9-6-3)64-62(71)56(67)50-47-44-41-38-35-32-23-20-17-14-11-8-5-2/h16,19,24-25,35,38,46,49,54-57,59-61,63,65-67,69-70H,4-15,17-18,20-23,26-34,36-37,39-45,47-48,50-53H2,1-3H3,(H,64,71)/b19-16-,25-24-,38-35-,49-46+. The molecule has 74 heavy (non-hydrogen) atoms. The van der Waals surface area contributed by atoms with Gasteiger partial charge in [0.1, 0.15) is 24.4 Å². The fourth-order valence-electron chi connectivity index (χ4n) is 9.50. The van der Waals surface area contributed by atoms with Gasteiger partial charge in [0.25, 0.3) is 0 Å². The molecule has 0 aliphatic carbocycles. The van der Waals surface area contributed by atoms with E-state index in [0.717, 1.165) is 64.2 Å². The maximum atomic E-state index is 13.4. The molecule has 8 unspecified atom stereocenters. The molecule has 0 spiro atoms. The monoisotopic (exact) mass is 1050 g/mol. The van der Waals surface area contributed by atoms with Crippen LogP contribution in [0.3, 0.4) is 0 Å². The summed E-state index contributed by atoms with van der Waals surface area (Å²) in [4.78, 5) is 26.5. The van der Waals surface area contributed by atoms with Crippen LogP contribution in [-0.4, -0.2) is 99.6 Å². The minimum Gasteiger partial charge on any atom is -0.454 e. The zero-order valence-electron chi connectivity index (χ0n) is 47.7. The van der Waals surface area contributed by atoms with Crippen molar-refractivity contribution in [2.24, 2.45) is 0 Å². The van der Waals surface area contributed by atoms with Crippen LogP contribution in [0, 0.1) is 0 Å². The van der Waals surface area contributed by atoms with Crippen LogP contribution in [0.15, 0.2) is 48.6 Å². The Morgan fingerprint density at radius 2 is 0.932 bits per heavy atom. The van der Waals surface area contributed by atoms with Crippen molar-refractivity contribution in [3.05, 3.63) is 48.6 Å². The molecule has 1 amide bonds. The van der Waals surface area contributed by atoms with Gasteiger partial charge < -0.3 is 45.1 Å². The number of amides is 1. The molecule has 1 aliphatic heterocycles. The average Bonchev–Trinajstić information content (AvgIpc) is 3.40. The van der Waals surface area contributed by atoms with Crippen LogP contribution in [0.25, 0.3) is 0 Å².